The molecule has 10 nitrogen and oxygen atoms in total. The van der Waals surface area contributed by atoms with Crippen LogP contribution in [-0.4, -0.2) is 97.7 Å². The van der Waals surface area contributed by atoms with Crippen LogP contribution in [0.3, 0.4) is 0 Å². The molecule has 42 heavy (non-hydrogen) atoms. The van der Waals surface area contributed by atoms with Crippen LogP contribution in [-0.2, 0) is 10.0 Å². The number of carbonyl (C=O) groups excluding carboxylic acids is 1. The lowest BCUT2D eigenvalue weighted by atomic mass is 9.86. The number of hydrogen-bond acceptors (Lipinski definition) is 8. The number of nitrogens with zero attached hydrogens (tertiary/aromatic N) is 6. The number of hydrogen-bond donors (Lipinski definition) is 1. The first-order valence-electron chi connectivity index (χ1n) is 15.2. The van der Waals surface area contributed by atoms with E-state index in [1.165, 1.54) is 18.4 Å². The molecule has 3 heterocycles. The average molecular weight is 602 g/mol. The number of nitrogens with one attached hydrogen (secondary N) is 1. The molecule has 230 valence electrons. The van der Waals surface area contributed by atoms with E-state index in [9.17, 15) is 17.6 Å². The summed E-state index contributed by atoms with van der Waals surface area (Å²) in [5.41, 5.74) is 1.85. The lowest BCUT2D eigenvalue weighted by Gasteiger charge is -2.41. The van der Waals surface area contributed by atoms with Crippen LogP contribution in [0.1, 0.15) is 63.2 Å². The molecule has 2 aliphatic heterocycles. The number of likely N-dealkylation sites (tertiary alicyclic amines) is 1. The second kappa shape index (κ2) is 12.8. The van der Waals surface area contributed by atoms with Crippen molar-refractivity contribution in [2.45, 2.75) is 71.0 Å². The van der Waals surface area contributed by atoms with Gasteiger partial charge in [-0.2, -0.15) is 0 Å². The van der Waals surface area contributed by atoms with E-state index in [0.717, 1.165) is 69.8 Å². The van der Waals surface area contributed by atoms with E-state index in [1.54, 1.807) is 23.5 Å². The summed E-state index contributed by atoms with van der Waals surface area (Å²) in [6, 6.07) is 4.82. The first-order chi connectivity index (χ1) is 20.0. The van der Waals surface area contributed by atoms with Gasteiger partial charge in [-0.3, -0.25) is 4.79 Å². The number of anilines is 3. The summed E-state index contributed by atoms with van der Waals surface area (Å²) < 4.78 is 40.4. The third-order valence-electron chi connectivity index (χ3n) is 8.94. The van der Waals surface area contributed by atoms with E-state index in [0.29, 0.717) is 36.3 Å². The van der Waals surface area contributed by atoms with E-state index in [2.05, 4.69) is 24.4 Å². The van der Waals surface area contributed by atoms with Gasteiger partial charge in [0.2, 0.25) is 10.0 Å². The summed E-state index contributed by atoms with van der Waals surface area (Å²) in [7, 11) is -3.16. The zero-order chi connectivity index (χ0) is 30.0. The maximum absolute atomic E-state index is 14.4. The molecule has 1 saturated carbocycles. The fourth-order valence-corrected chi connectivity index (χ4v) is 7.78. The Morgan fingerprint density at radius 2 is 1.88 bits per heavy atom. The van der Waals surface area contributed by atoms with Crippen molar-refractivity contribution in [3.63, 3.8) is 0 Å². The first-order valence-corrected chi connectivity index (χ1v) is 17.1. The lowest BCUT2D eigenvalue weighted by Crippen LogP contribution is -2.47. The number of benzene rings is 1. The van der Waals surface area contributed by atoms with Gasteiger partial charge in [-0.05, 0) is 77.0 Å². The number of aromatic nitrogens is 2. The number of halogens is 1. The van der Waals surface area contributed by atoms with Gasteiger partial charge >= 0.3 is 0 Å². The van der Waals surface area contributed by atoms with Gasteiger partial charge in [-0.15, -0.1) is 0 Å². The van der Waals surface area contributed by atoms with Gasteiger partial charge in [-0.1, -0.05) is 0 Å². The lowest BCUT2D eigenvalue weighted by molar-refractivity contribution is 0.0717. The molecule has 12 heteroatoms. The van der Waals surface area contributed by atoms with Crippen LogP contribution in [0.15, 0.2) is 30.7 Å². The summed E-state index contributed by atoms with van der Waals surface area (Å²) in [6.07, 6.45) is 9.49. The second-order valence-corrected chi connectivity index (χ2v) is 14.0. The third-order valence-corrected chi connectivity index (χ3v) is 9.70. The Kier molecular flexibility index (Phi) is 9.34. The molecule has 1 aromatic heterocycles. The van der Waals surface area contributed by atoms with Gasteiger partial charge in [0.25, 0.3) is 5.91 Å². The van der Waals surface area contributed by atoms with Gasteiger partial charge in [0.1, 0.15) is 17.8 Å². The van der Waals surface area contributed by atoms with Crippen molar-refractivity contribution in [2.75, 3.05) is 55.3 Å². The number of carbonyl (C=O) groups is 1. The van der Waals surface area contributed by atoms with E-state index in [4.69, 9.17) is 4.98 Å². The third kappa shape index (κ3) is 6.86. The minimum atomic E-state index is -3.16. The molecule has 1 aromatic carbocycles. The van der Waals surface area contributed by atoms with Gasteiger partial charge in [0.15, 0.2) is 5.82 Å². The summed E-state index contributed by atoms with van der Waals surface area (Å²) in [5, 5.41) is 0. The molecule has 2 aromatic rings. The SMILES string of the molecule is CCN(C(=O)c1cc(F)ccc1N1CCN(C2CCN(CC3CCC(NS(C)(=O)=O)CC3)C2)c2ncncc21)C(C)C. The largest absolute Gasteiger partial charge is 0.349 e. The van der Waals surface area contributed by atoms with Crippen molar-refractivity contribution in [1.29, 1.82) is 0 Å². The van der Waals surface area contributed by atoms with Crippen LogP contribution < -0.4 is 14.5 Å². The first kappa shape index (κ1) is 30.6. The molecule has 0 bridgehead atoms. The maximum Gasteiger partial charge on any atom is 0.256 e. The fraction of sp³-hybridized carbons (Fsp3) is 0.633. The van der Waals surface area contributed by atoms with E-state index < -0.39 is 15.8 Å². The predicted octanol–water partition coefficient (Wildman–Crippen LogP) is 3.63. The van der Waals surface area contributed by atoms with Crippen molar-refractivity contribution in [3.8, 4) is 0 Å². The molecule has 5 rings (SSSR count). The highest BCUT2D eigenvalue weighted by Gasteiger charge is 2.36. The van der Waals surface area contributed by atoms with Gasteiger partial charge in [-0.25, -0.2) is 27.5 Å². The summed E-state index contributed by atoms with van der Waals surface area (Å²) in [5.74, 6) is 0.803. The molecule has 1 amide bonds. The Bertz CT molecular complexity index is 1370. The molecular formula is C30H44FN7O3S. The molecule has 1 atom stereocenters. The maximum atomic E-state index is 14.4. The van der Waals surface area contributed by atoms with Crippen LogP contribution >= 0.6 is 0 Å². The van der Waals surface area contributed by atoms with Gasteiger partial charge in [0, 0.05) is 57.4 Å². The highest BCUT2D eigenvalue weighted by molar-refractivity contribution is 7.88. The Morgan fingerprint density at radius 1 is 1.12 bits per heavy atom. The Hall–Kier alpha value is -2.83. The minimum absolute atomic E-state index is 0.00409. The zero-order valence-electron chi connectivity index (χ0n) is 25.2. The number of fused-ring (bicyclic) bond motifs is 1. The van der Waals surface area contributed by atoms with Crippen LogP contribution in [0, 0.1) is 11.7 Å². The van der Waals surface area contributed by atoms with Crippen molar-refractivity contribution in [1.82, 2.24) is 24.5 Å². The topological polar surface area (TPSA) is 102 Å². The highest BCUT2D eigenvalue weighted by Crippen LogP contribution is 2.39. The molecule has 2 fully saturated rings. The highest BCUT2D eigenvalue weighted by atomic mass is 32.2. The molecule has 1 unspecified atom stereocenters. The molecule has 1 saturated heterocycles. The van der Waals surface area contributed by atoms with Crippen LogP contribution in [0.25, 0.3) is 0 Å². The van der Waals surface area contributed by atoms with E-state index >= 15 is 0 Å². The normalized spacial score (nSPS) is 23.3. The van der Waals surface area contributed by atoms with E-state index in [-0.39, 0.29) is 18.0 Å². The fourth-order valence-electron chi connectivity index (χ4n) is 6.94. The van der Waals surface area contributed by atoms with Gasteiger partial charge in [0.05, 0.1) is 23.7 Å². The summed E-state index contributed by atoms with van der Waals surface area (Å²) in [6.45, 7) is 10.8. The van der Waals surface area contributed by atoms with Crippen molar-refractivity contribution in [2.24, 2.45) is 5.92 Å². The minimum Gasteiger partial charge on any atom is -0.349 e. The summed E-state index contributed by atoms with van der Waals surface area (Å²) in [4.78, 5) is 31.3. The molecule has 1 aliphatic carbocycles. The van der Waals surface area contributed by atoms with Crippen molar-refractivity contribution < 1.29 is 17.6 Å². The quantitative estimate of drug-likeness (QED) is 0.465. The van der Waals surface area contributed by atoms with Crippen molar-refractivity contribution >= 4 is 33.1 Å². The molecular weight excluding hydrogens is 557 g/mol. The average Bonchev–Trinajstić information content (AvgIpc) is 3.41. The number of amides is 1. The number of sulfonamides is 1. The van der Waals surface area contributed by atoms with Crippen LogP contribution in [0.4, 0.5) is 21.6 Å². The molecule has 0 spiro atoms. The Balaban J connectivity index is 1.29. The Morgan fingerprint density at radius 3 is 2.57 bits per heavy atom. The van der Waals surface area contributed by atoms with Crippen LogP contribution in [0.5, 0.6) is 0 Å². The van der Waals surface area contributed by atoms with E-state index in [1.807, 2.05) is 20.8 Å². The molecule has 1 N–H and O–H groups in total. The zero-order valence-corrected chi connectivity index (χ0v) is 26.0. The monoisotopic (exact) mass is 601 g/mol. The standard InChI is InChI=1S/C30H44FN7O3S/c1-5-36(21(2)3)30(39)26-16-23(31)8-11-27(26)38-15-14-37(29-28(38)17-32-20-33-29)25-12-13-35(19-25)18-22-6-9-24(10-7-22)34-42(4,40)41/h8,11,16-17,20-22,24-25,34H,5-7,9-10,12-15,18-19H2,1-4H3. The second-order valence-electron chi connectivity index (χ2n) is 12.2. The summed E-state index contributed by atoms with van der Waals surface area (Å²) >= 11 is 0. The molecule has 3 aliphatic rings. The predicted molar refractivity (Wildman–Crippen MR) is 163 cm³/mol. The molecule has 0 radical (unpaired) electrons. The van der Waals surface area contributed by atoms with Crippen molar-refractivity contribution in [3.05, 3.63) is 42.1 Å². The van der Waals surface area contributed by atoms with Gasteiger partial charge < -0.3 is 19.6 Å². The Labute approximate surface area is 249 Å². The number of rotatable bonds is 9. The van der Waals surface area contributed by atoms with Crippen LogP contribution in [0.2, 0.25) is 0 Å². The smallest absolute Gasteiger partial charge is 0.256 e.